The summed E-state index contributed by atoms with van der Waals surface area (Å²) in [5.74, 6) is 1.54. The Labute approximate surface area is 112 Å². The van der Waals surface area contributed by atoms with Crippen molar-refractivity contribution in [1.29, 1.82) is 0 Å². The first-order valence-corrected chi connectivity index (χ1v) is 6.91. The monoisotopic (exact) mass is 264 g/mol. The molecule has 2 fully saturated rings. The third kappa shape index (κ3) is 2.46. The van der Waals surface area contributed by atoms with Crippen LogP contribution in [0.5, 0.6) is 0 Å². The maximum absolute atomic E-state index is 11.9. The number of amides is 2. The molecule has 1 aromatic rings. The second-order valence-corrected chi connectivity index (χ2v) is 5.82. The number of anilines is 1. The predicted octanol–water partition coefficient (Wildman–Crippen LogP) is 3.65. The number of carbonyl (C=O) groups excluding carboxylic acids is 1. The summed E-state index contributed by atoms with van der Waals surface area (Å²) in [7, 11) is 0. The normalized spacial score (nSPS) is 29.3. The van der Waals surface area contributed by atoms with Gasteiger partial charge in [-0.15, -0.1) is 0 Å². The second kappa shape index (κ2) is 4.81. The molecule has 3 atom stereocenters. The highest BCUT2D eigenvalue weighted by atomic mass is 35.5. The summed E-state index contributed by atoms with van der Waals surface area (Å²) in [5.41, 5.74) is 0.778. The largest absolute Gasteiger partial charge is 0.335 e. The van der Waals surface area contributed by atoms with E-state index in [4.69, 9.17) is 11.6 Å². The summed E-state index contributed by atoms with van der Waals surface area (Å²) in [4.78, 5) is 11.9. The van der Waals surface area contributed by atoms with Gasteiger partial charge in [-0.3, -0.25) is 0 Å². The minimum absolute atomic E-state index is 0.102. The van der Waals surface area contributed by atoms with Crippen molar-refractivity contribution in [3.63, 3.8) is 0 Å². The van der Waals surface area contributed by atoms with Gasteiger partial charge in [0, 0.05) is 16.8 Å². The number of hydrogen-bond donors (Lipinski definition) is 2. The number of urea groups is 1. The molecule has 0 saturated heterocycles. The van der Waals surface area contributed by atoms with Crippen LogP contribution in [0.4, 0.5) is 10.5 Å². The van der Waals surface area contributed by atoms with Crippen LogP contribution >= 0.6 is 11.6 Å². The van der Waals surface area contributed by atoms with Gasteiger partial charge in [-0.25, -0.2) is 4.79 Å². The zero-order chi connectivity index (χ0) is 12.5. The van der Waals surface area contributed by atoms with Crippen LogP contribution < -0.4 is 10.6 Å². The summed E-state index contributed by atoms with van der Waals surface area (Å²) >= 11 is 5.80. The molecular weight excluding hydrogens is 248 g/mol. The third-order valence-corrected chi connectivity index (χ3v) is 4.41. The first-order chi connectivity index (χ1) is 8.70. The van der Waals surface area contributed by atoms with Crippen LogP contribution in [0.1, 0.15) is 25.7 Å². The summed E-state index contributed by atoms with van der Waals surface area (Å²) in [6.45, 7) is 0. The molecule has 2 aliphatic carbocycles. The first-order valence-electron chi connectivity index (χ1n) is 6.54. The standard InChI is InChI=1S/C14H17ClN2O/c15-11-3-5-12(6-4-11)16-14(18)17-13-8-9-1-2-10(13)7-9/h3-6,9-10,13H,1-2,7-8H2,(H2,16,17,18). The second-order valence-electron chi connectivity index (χ2n) is 5.39. The smallest absolute Gasteiger partial charge is 0.319 e. The molecule has 2 saturated carbocycles. The fourth-order valence-electron chi connectivity index (χ4n) is 3.29. The Morgan fingerprint density at radius 1 is 1.17 bits per heavy atom. The van der Waals surface area contributed by atoms with Gasteiger partial charge in [0.1, 0.15) is 0 Å². The first kappa shape index (κ1) is 11.8. The van der Waals surface area contributed by atoms with E-state index in [-0.39, 0.29) is 6.03 Å². The van der Waals surface area contributed by atoms with Gasteiger partial charge in [0.25, 0.3) is 0 Å². The molecule has 3 nitrogen and oxygen atoms in total. The topological polar surface area (TPSA) is 41.1 Å². The fourth-order valence-corrected chi connectivity index (χ4v) is 3.42. The summed E-state index contributed by atoms with van der Waals surface area (Å²) in [5, 5.41) is 6.61. The summed E-state index contributed by atoms with van der Waals surface area (Å²) in [6.07, 6.45) is 5.07. The molecule has 2 aliphatic rings. The van der Waals surface area contributed by atoms with Crippen molar-refractivity contribution in [2.24, 2.45) is 11.8 Å². The Bertz CT molecular complexity index is 446. The van der Waals surface area contributed by atoms with E-state index in [2.05, 4.69) is 10.6 Å². The SMILES string of the molecule is O=C(Nc1ccc(Cl)cc1)NC1CC2CCC1C2. The lowest BCUT2D eigenvalue weighted by Crippen LogP contribution is -2.40. The van der Waals surface area contributed by atoms with Crippen LogP contribution in [-0.4, -0.2) is 12.1 Å². The maximum atomic E-state index is 11.9. The molecule has 3 rings (SSSR count). The van der Waals surface area contributed by atoms with E-state index in [9.17, 15) is 4.79 Å². The van der Waals surface area contributed by atoms with Crippen LogP contribution in [0.15, 0.2) is 24.3 Å². The van der Waals surface area contributed by atoms with Gasteiger partial charge in [-0.05, 0) is 55.4 Å². The molecule has 0 aromatic heterocycles. The van der Waals surface area contributed by atoms with Crippen molar-refractivity contribution in [3.8, 4) is 0 Å². The Hall–Kier alpha value is -1.22. The van der Waals surface area contributed by atoms with Crippen LogP contribution in [0.2, 0.25) is 5.02 Å². The van der Waals surface area contributed by atoms with Gasteiger partial charge in [-0.1, -0.05) is 18.0 Å². The van der Waals surface area contributed by atoms with E-state index in [0.29, 0.717) is 17.0 Å². The number of hydrogen-bond acceptors (Lipinski definition) is 1. The molecule has 0 spiro atoms. The Morgan fingerprint density at radius 3 is 2.56 bits per heavy atom. The number of benzene rings is 1. The van der Waals surface area contributed by atoms with Gasteiger partial charge in [0.15, 0.2) is 0 Å². The molecule has 0 aliphatic heterocycles. The van der Waals surface area contributed by atoms with Gasteiger partial charge in [0.2, 0.25) is 0 Å². The molecule has 2 N–H and O–H groups in total. The Balaban J connectivity index is 1.54. The van der Waals surface area contributed by atoms with Crippen LogP contribution in [0, 0.1) is 11.8 Å². The van der Waals surface area contributed by atoms with Crippen molar-refractivity contribution in [1.82, 2.24) is 5.32 Å². The molecule has 2 bridgehead atoms. The van der Waals surface area contributed by atoms with Gasteiger partial charge in [-0.2, -0.15) is 0 Å². The number of fused-ring (bicyclic) bond motifs is 2. The van der Waals surface area contributed by atoms with Crippen molar-refractivity contribution in [2.75, 3.05) is 5.32 Å². The quantitative estimate of drug-likeness (QED) is 0.841. The maximum Gasteiger partial charge on any atom is 0.319 e. The average molecular weight is 265 g/mol. The number of rotatable bonds is 2. The molecule has 3 unspecified atom stereocenters. The molecule has 4 heteroatoms. The number of carbonyl (C=O) groups is 1. The Morgan fingerprint density at radius 2 is 1.94 bits per heavy atom. The van der Waals surface area contributed by atoms with Crippen LogP contribution in [-0.2, 0) is 0 Å². The minimum Gasteiger partial charge on any atom is -0.335 e. The predicted molar refractivity (Wildman–Crippen MR) is 72.8 cm³/mol. The third-order valence-electron chi connectivity index (χ3n) is 4.16. The van der Waals surface area contributed by atoms with Gasteiger partial charge < -0.3 is 10.6 Å². The highest BCUT2D eigenvalue weighted by Crippen LogP contribution is 2.44. The lowest BCUT2D eigenvalue weighted by atomic mass is 9.95. The number of nitrogens with one attached hydrogen (secondary N) is 2. The van der Waals surface area contributed by atoms with Gasteiger partial charge >= 0.3 is 6.03 Å². The van der Waals surface area contributed by atoms with Crippen molar-refractivity contribution in [2.45, 2.75) is 31.7 Å². The Kier molecular flexibility index (Phi) is 3.16. The van der Waals surface area contributed by atoms with Crippen LogP contribution in [0.3, 0.4) is 0 Å². The van der Waals surface area contributed by atoms with Crippen LogP contribution in [0.25, 0.3) is 0 Å². The van der Waals surface area contributed by atoms with Crippen molar-refractivity contribution >= 4 is 23.3 Å². The summed E-state index contributed by atoms with van der Waals surface area (Å²) in [6, 6.07) is 7.43. The zero-order valence-electron chi connectivity index (χ0n) is 10.2. The van der Waals surface area contributed by atoms with Gasteiger partial charge in [0.05, 0.1) is 0 Å². The number of halogens is 1. The van der Waals surface area contributed by atoms with Crippen molar-refractivity contribution < 1.29 is 4.79 Å². The van der Waals surface area contributed by atoms with E-state index >= 15 is 0 Å². The molecular formula is C14H17ClN2O. The molecule has 2 amide bonds. The minimum atomic E-state index is -0.102. The summed E-state index contributed by atoms with van der Waals surface area (Å²) < 4.78 is 0. The average Bonchev–Trinajstić information content (AvgIpc) is 2.94. The van der Waals surface area contributed by atoms with E-state index in [1.54, 1.807) is 12.1 Å². The molecule has 0 heterocycles. The molecule has 1 aromatic carbocycles. The van der Waals surface area contributed by atoms with Crippen molar-refractivity contribution in [3.05, 3.63) is 29.3 Å². The van der Waals surface area contributed by atoms with E-state index in [0.717, 1.165) is 18.0 Å². The van der Waals surface area contributed by atoms with E-state index in [1.165, 1.54) is 19.3 Å². The zero-order valence-corrected chi connectivity index (χ0v) is 10.9. The highest BCUT2D eigenvalue weighted by Gasteiger charge is 2.40. The molecule has 96 valence electrons. The van der Waals surface area contributed by atoms with E-state index in [1.807, 2.05) is 12.1 Å². The highest BCUT2D eigenvalue weighted by molar-refractivity contribution is 6.30. The fraction of sp³-hybridized carbons (Fsp3) is 0.500. The lowest BCUT2D eigenvalue weighted by molar-refractivity contribution is 0.242. The lowest BCUT2D eigenvalue weighted by Gasteiger charge is -2.23. The van der Waals surface area contributed by atoms with E-state index < -0.39 is 0 Å². The molecule has 18 heavy (non-hydrogen) atoms. The molecule has 0 radical (unpaired) electrons.